The van der Waals surface area contributed by atoms with E-state index >= 15 is 0 Å². The first-order valence-corrected chi connectivity index (χ1v) is 11.9. The first kappa shape index (κ1) is 23.3. The Hall–Kier alpha value is -5.06. The first-order valence-electron chi connectivity index (χ1n) is 11.9. The Morgan fingerprint density at radius 3 is 2.63 bits per heavy atom. The lowest BCUT2D eigenvalue weighted by Gasteiger charge is -2.14. The largest absolute Gasteiger partial charge is 0.355 e. The molecule has 4 aromatic heterocycles. The third-order valence-electron chi connectivity index (χ3n) is 6.49. The number of aryl methyl sites for hydroxylation is 1. The predicted octanol–water partition coefficient (Wildman–Crippen LogP) is 3.95. The van der Waals surface area contributed by atoms with Crippen molar-refractivity contribution in [3.8, 4) is 22.5 Å². The summed E-state index contributed by atoms with van der Waals surface area (Å²) in [7, 11) is 3.33. The Morgan fingerprint density at radius 2 is 1.87 bits per heavy atom. The standard InChI is InChI=1S/C27H22FN9O/c1-15(16-5-8-22-17(10-16)6-9-23(32-22)19-12-31-36(3)14-19)37-26-25(34-35-37)30-13-24(33-26)18-4-7-20(21(28)11-18)27(38)29-2/h4-15H,1-3H3,(H,29,38). The molecule has 0 bridgehead atoms. The highest BCUT2D eigenvalue weighted by molar-refractivity contribution is 5.94. The number of carbonyl (C=O) groups excluding carboxylic acids is 1. The SMILES string of the molecule is CNC(=O)c1ccc(-c2cnc3nnn(C(C)c4ccc5nc(-c6cnn(C)c6)ccc5c4)c3n2)cc1F. The van der Waals surface area contributed by atoms with E-state index in [0.29, 0.717) is 22.6 Å². The lowest BCUT2D eigenvalue weighted by atomic mass is 10.0. The summed E-state index contributed by atoms with van der Waals surface area (Å²) >= 11 is 0. The van der Waals surface area contributed by atoms with Crippen molar-refractivity contribution in [2.45, 2.75) is 13.0 Å². The summed E-state index contributed by atoms with van der Waals surface area (Å²) in [5, 5.41) is 16.1. The van der Waals surface area contributed by atoms with Crippen LogP contribution < -0.4 is 5.32 Å². The molecule has 0 aliphatic carbocycles. The van der Waals surface area contributed by atoms with E-state index in [1.54, 1.807) is 21.6 Å². The number of rotatable bonds is 5. The van der Waals surface area contributed by atoms with Crippen LogP contribution >= 0.6 is 0 Å². The van der Waals surface area contributed by atoms with Crippen LogP contribution in [0.25, 0.3) is 44.7 Å². The molecule has 0 aliphatic heterocycles. The lowest BCUT2D eigenvalue weighted by molar-refractivity contribution is 0.0959. The number of amides is 1. The maximum Gasteiger partial charge on any atom is 0.253 e. The molecule has 4 heterocycles. The second kappa shape index (κ2) is 9.11. The number of benzene rings is 2. The van der Waals surface area contributed by atoms with Gasteiger partial charge in [0.25, 0.3) is 5.91 Å². The van der Waals surface area contributed by atoms with Gasteiger partial charge in [-0.05, 0) is 42.8 Å². The van der Waals surface area contributed by atoms with Crippen LogP contribution in [-0.2, 0) is 7.05 Å². The lowest BCUT2D eigenvalue weighted by Crippen LogP contribution is -2.19. The Labute approximate surface area is 216 Å². The quantitative estimate of drug-likeness (QED) is 0.376. The maximum absolute atomic E-state index is 14.6. The van der Waals surface area contributed by atoms with E-state index in [2.05, 4.69) is 36.8 Å². The molecule has 6 aromatic rings. The van der Waals surface area contributed by atoms with Gasteiger partial charge in [0.1, 0.15) is 5.82 Å². The van der Waals surface area contributed by atoms with Gasteiger partial charge >= 0.3 is 0 Å². The van der Waals surface area contributed by atoms with Crippen molar-refractivity contribution < 1.29 is 9.18 Å². The molecule has 1 unspecified atom stereocenters. The molecule has 0 saturated carbocycles. The van der Waals surface area contributed by atoms with Gasteiger partial charge in [0.05, 0.1) is 40.9 Å². The molecule has 10 nitrogen and oxygen atoms in total. The number of halogens is 1. The molecule has 188 valence electrons. The Morgan fingerprint density at radius 1 is 1.00 bits per heavy atom. The monoisotopic (exact) mass is 507 g/mol. The van der Waals surface area contributed by atoms with Crippen LogP contribution in [0, 0.1) is 5.82 Å². The third kappa shape index (κ3) is 4.03. The Kier molecular flexibility index (Phi) is 5.60. The molecule has 1 amide bonds. The summed E-state index contributed by atoms with van der Waals surface area (Å²) in [5.74, 6) is -1.13. The molecular formula is C27H22FN9O. The Bertz CT molecular complexity index is 1840. The normalized spacial score (nSPS) is 12.2. The minimum atomic E-state index is -0.639. The minimum Gasteiger partial charge on any atom is -0.355 e. The number of carbonyl (C=O) groups is 1. The number of pyridine rings is 1. The zero-order valence-corrected chi connectivity index (χ0v) is 20.8. The van der Waals surface area contributed by atoms with Crippen LogP contribution in [0.15, 0.2) is 67.1 Å². The van der Waals surface area contributed by atoms with E-state index in [0.717, 1.165) is 27.7 Å². The molecule has 1 atom stereocenters. The molecule has 11 heteroatoms. The first-order chi connectivity index (χ1) is 18.4. The summed E-state index contributed by atoms with van der Waals surface area (Å²) in [6.07, 6.45) is 5.24. The van der Waals surface area contributed by atoms with Crippen LogP contribution in [0.2, 0.25) is 0 Å². The van der Waals surface area contributed by atoms with Crippen LogP contribution in [0.3, 0.4) is 0 Å². The number of nitrogens with zero attached hydrogens (tertiary/aromatic N) is 8. The topological polar surface area (TPSA) is 116 Å². The average molecular weight is 508 g/mol. The molecule has 0 aliphatic rings. The molecule has 1 N–H and O–H groups in total. The van der Waals surface area contributed by atoms with E-state index in [4.69, 9.17) is 4.98 Å². The van der Waals surface area contributed by atoms with Gasteiger partial charge in [-0.3, -0.25) is 9.48 Å². The molecule has 2 aromatic carbocycles. The van der Waals surface area contributed by atoms with Crippen LogP contribution in [0.5, 0.6) is 0 Å². The smallest absolute Gasteiger partial charge is 0.253 e. The molecule has 6 rings (SSSR count). The molecule has 0 spiro atoms. The van der Waals surface area contributed by atoms with E-state index < -0.39 is 11.7 Å². The summed E-state index contributed by atoms with van der Waals surface area (Å²) < 4.78 is 18.0. The van der Waals surface area contributed by atoms with Crippen LogP contribution in [-0.4, -0.2) is 52.7 Å². The van der Waals surface area contributed by atoms with Gasteiger partial charge in [-0.2, -0.15) is 5.10 Å². The van der Waals surface area contributed by atoms with Crippen molar-refractivity contribution in [2.24, 2.45) is 7.05 Å². The minimum absolute atomic E-state index is 0.0380. The fourth-order valence-corrected chi connectivity index (χ4v) is 4.38. The molecular weight excluding hydrogens is 485 g/mol. The third-order valence-corrected chi connectivity index (χ3v) is 6.49. The highest BCUT2D eigenvalue weighted by atomic mass is 19.1. The molecule has 0 saturated heterocycles. The Balaban J connectivity index is 1.34. The van der Waals surface area contributed by atoms with Crippen molar-refractivity contribution in [3.63, 3.8) is 0 Å². The van der Waals surface area contributed by atoms with E-state index in [1.165, 1.54) is 25.4 Å². The summed E-state index contributed by atoms with van der Waals surface area (Å²) in [5.41, 5.74) is 5.43. The van der Waals surface area contributed by atoms with Crippen LogP contribution in [0.4, 0.5) is 4.39 Å². The van der Waals surface area contributed by atoms with Crippen molar-refractivity contribution in [1.82, 2.24) is 45.0 Å². The number of aromatic nitrogens is 8. The number of nitrogens with one attached hydrogen (secondary N) is 1. The predicted molar refractivity (Wildman–Crippen MR) is 140 cm³/mol. The highest BCUT2D eigenvalue weighted by Gasteiger charge is 2.18. The van der Waals surface area contributed by atoms with Gasteiger partial charge in [-0.1, -0.05) is 23.4 Å². The number of hydrogen-bond donors (Lipinski definition) is 1. The van der Waals surface area contributed by atoms with Crippen molar-refractivity contribution >= 4 is 28.1 Å². The zero-order valence-electron chi connectivity index (χ0n) is 20.8. The van der Waals surface area contributed by atoms with Gasteiger partial charge in [0.15, 0.2) is 5.65 Å². The second-order valence-electron chi connectivity index (χ2n) is 8.94. The van der Waals surface area contributed by atoms with Gasteiger partial charge in [-0.15, -0.1) is 5.10 Å². The number of fused-ring (bicyclic) bond motifs is 2. The van der Waals surface area contributed by atoms with Crippen molar-refractivity contribution in [2.75, 3.05) is 7.05 Å². The van der Waals surface area contributed by atoms with Gasteiger partial charge in [0, 0.05) is 36.8 Å². The highest BCUT2D eigenvalue weighted by Crippen LogP contribution is 2.27. The van der Waals surface area contributed by atoms with Crippen molar-refractivity contribution in [3.05, 3.63) is 84.1 Å². The van der Waals surface area contributed by atoms with E-state index in [9.17, 15) is 9.18 Å². The fourth-order valence-electron chi connectivity index (χ4n) is 4.38. The van der Waals surface area contributed by atoms with Gasteiger partial charge in [-0.25, -0.2) is 24.0 Å². The molecule has 0 fully saturated rings. The molecule has 0 radical (unpaired) electrons. The van der Waals surface area contributed by atoms with E-state index in [1.807, 2.05) is 44.4 Å². The number of hydrogen-bond acceptors (Lipinski definition) is 7. The van der Waals surface area contributed by atoms with Crippen LogP contribution in [0.1, 0.15) is 28.9 Å². The van der Waals surface area contributed by atoms with Gasteiger partial charge in [0.2, 0.25) is 5.65 Å². The second-order valence-corrected chi connectivity index (χ2v) is 8.94. The average Bonchev–Trinajstić information content (AvgIpc) is 3.57. The van der Waals surface area contributed by atoms with Gasteiger partial charge < -0.3 is 5.32 Å². The molecule has 38 heavy (non-hydrogen) atoms. The van der Waals surface area contributed by atoms with E-state index in [-0.39, 0.29) is 11.6 Å². The zero-order chi connectivity index (χ0) is 26.4. The summed E-state index contributed by atoms with van der Waals surface area (Å²) in [6.45, 7) is 2.00. The summed E-state index contributed by atoms with van der Waals surface area (Å²) in [6, 6.07) is 14.2. The fraction of sp³-hybridized carbons (Fsp3) is 0.148. The maximum atomic E-state index is 14.6. The summed E-state index contributed by atoms with van der Waals surface area (Å²) in [4.78, 5) is 25.7. The van der Waals surface area contributed by atoms with Crippen molar-refractivity contribution in [1.29, 1.82) is 0 Å².